The molecule has 0 aliphatic carbocycles. The Morgan fingerprint density at radius 2 is 2.33 bits per heavy atom. The van der Waals surface area contributed by atoms with Gasteiger partial charge >= 0.3 is 0 Å². The van der Waals surface area contributed by atoms with Crippen molar-refractivity contribution in [2.24, 2.45) is 5.92 Å². The Kier molecular flexibility index (Phi) is 3.07. The van der Waals surface area contributed by atoms with Crippen molar-refractivity contribution < 1.29 is 19.3 Å². The van der Waals surface area contributed by atoms with Crippen LogP contribution in [-0.4, -0.2) is 41.9 Å². The number of nitrogens with zero attached hydrogens (tertiary/aromatic N) is 1. The maximum absolute atomic E-state index is 9.64. The van der Waals surface area contributed by atoms with Crippen LogP contribution in [0.15, 0.2) is 0 Å². The van der Waals surface area contributed by atoms with Crippen LogP contribution in [0.1, 0.15) is 32.6 Å². The highest BCUT2D eigenvalue weighted by molar-refractivity contribution is 5.04. The van der Waals surface area contributed by atoms with Gasteiger partial charge in [0.25, 0.3) is 0 Å². The number of aliphatic hydroxyl groups is 1. The summed E-state index contributed by atoms with van der Waals surface area (Å²) in [5.74, 6) is 0.0103. The summed E-state index contributed by atoms with van der Waals surface area (Å²) in [4.78, 5) is 0. The molecule has 100 valence electrons. The Labute approximate surface area is 107 Å². The molecule has 1 spiro atoms. The first-order valence-electron chi connectivity index (χ1n) is 6.65. The lowest BCUT2D eigenvalue weighted by Gasteiger charge is -2.43. The molecule has 3 aliphatic heterocycles. The molecule has 1 N–H and O–H groups in total. The van der Waals surface area contributed by atoms with E-state index in [-0.39, 0.29) is 29.8 Å². The molecule has 6 atom stereocenters. The zero-order valence-electron chi connectivity index (χ0n) is 10.5. The van der Waals surface area contributed by atoms with Crippen LogP contribution in [0, 0.1) is 17.2 Å². The topological polar surface area (TPSA) is 71.7 Å². The van der Waals surface area contributed by atoms with Crippen molar-refractivity contribution in [3.63, 3.8) is 0 Å². The summed E-state index contributed by atoms with van der Waals surface area (Å²) < 4.78 is 17.3. The number of ether oxygens (including phenoxy) is 3. The van der Waals surface area contributed by atoms with E-state index in [1.807, 2.05) is 6.92 Å². The van der Waals surface area contributed by atoms with E-state index < -0.39 is 6.29 Å². The van der Waals surface area contributed by atoms with Gasteiger partial charge in [-0.1, -0.05) is 0 Å². The van der Waals surface area contributed by atoms with Crippen molar-refractivity contribution in [3.05, 3.63) is 0 Å². The van der Waals surface area contributed by atoms with Gasteiger partial charge in [-0.05, 0) is 26.2 Å². The Hall–Kier alpha value is -0.670. The van der Waals surface area contributed by atoms with E-state index in [1.54, 1.807) is 0 Å². The lowest BCUT2D eigenvalue weighted by molar-refractivity contribution is -0.223. The summed E-state index contributed by atoms with van der Waals surface area (Å²) in [6, 6.07) is 2.25. The average molecular weight is 253 g/mol. The van der Waals surface area contributed by atoms with E-state index in [0.717, 1.165) is 19.3 Å². The number of hydrogen-bond donors (Lipinski definition) is 1. The van der Waals surface area contributed by atoms with Gasteiger partial charge in [0, 0.05) is 12.3 Å². The maximum Gasteiger partial charge on any atom is 0.181 e. The molecule has 5 nitrogen and oxygen atoms in total. The predicted molar refractivity (Wildman–Crippen MR) is 61.5 cm³/mol. The first kappa shape index (κ1) is 12.4. The molecule has 3 unspecified atom stereocenters. The van der Waals surface area contributed by atoms with Crippen LogP contribution in [0.3, 0.4) is 0 Å². The number of fused-ring (bicyclic) bond motifs is 1. The van der Waals surface area contributed by atoms with Gasteiger partial charge in [-0.3, -0.25) is 0 Å². The molecule has 0 aromatic heterocycles. The third-order valence-corrected chi connectivity index (χ3v) is 4.28. The fraction of sp³-hybridized carbons (Fsp3) is 0.923. The molecule has 18 heavy (non-hydrogen) atoms. The van der Waals surface area contributed by atoms with Gasteiger partial charge in [-0.25, -0.2) is 0 Å². The quantitative estimate of drug-likeness (QED) is 0.793. The second-order valence-electron chi connectivity index (χ2n) is 5.72. The van der Waals surface area contributed by atoms with Gasteiger partial charge in [0.15, 0.2) is 6.29 Å². The summed E-state index contributed by atoms with van der Waals surface area (Å²) in [6.07, 6.45) is 2.38. The molecule has 3 rings (SSSR count). The fourth-order valence-electron chi connectivity index (χ4n) is 3.34. The van der Waals surface area contributed by atoms with Crippen molar-refractivity contribution in [1.82, 2.24) is 0 Å². The van der Waals surface area contributed by atoms with Crippen molar-refractivity contribution in [3.8, 4) is 6.07 Å². The molecule has 0 aromatic carbocycles. The van der Waals surface area contributed by atoms with Gasteiger partial charge < -0.3 is 19.3 Å². The predicted octanol–water partition coefficient (Wildman–Crippen LogP) is 0.960. The Morgan fingerprint density at radius 1 is 1.50 bits per heavy atom. The number of nitriles is 1. The second kappa shape index (κ2) is 4.46. The number of aliphatic hydroxyl groups excluding tert-OH is 1. The van der Waals surface area contributed by atoms with Crippen LogP contribution in [0.5, 0.6) is 0 Å². The minimum Gasteiger partial charge on any atom is -0.366 e. The summed E-state index contributed by atoms with van der Waals surface area (Å²) in [7, 11) is 0. The third kappa shape index (κ3) is 1.94. The van der Waals surface area contributed by atoms with Crippen LogP contribution in [-0.2, 0) is 14.2 Å². The normalized spacial score (nSPS) is 48.3. The highest BCUT2D eigenvalue weighted by Crippen LogP contribution is 2.46. The third-order valence-electron chi connectivity index (χ3n) is 4.28. The van der Waals surface area contributed by atoms with Gasteiger partial charge in [0.05, 0.1) is 24.9 Å². The lowest BCUT2D eigenvalue weighted by atomic mass is 9.84. The Balaban J connectivity index is 1.69. The molecule has 3 saturated heterocycles. The van der Waals surface area contributed by atoms with E-state index in [2.05, 4.69) is 6.07 Å². The highest BCUT2D eigenvalue weighted by Gasteiger charge is 2.58. The molecule has 5 heteroatoms. The zero-order valence-corrected chi connectivity index (χ0v) is 10.5. The van der Waals surface area contributed by atoms with E-state index >= 15 is 0 Å². The monoisotopic (exact) mass is 253 g/mol. The van der Waals surface area contributed by atoms with Crippen molar-refractivity contribution >= 4 is 0 Å². The van der Waals surface area contributed by atoms with E-state index in [4.69, 9.17) is 19.5 Å². The van der Waals surface area contributed by atoms with Gasteiger partial charge in [0.2, 0.25) is 0 Å². The van der Waals surface area contributed by atoms with E-state index in [9.17, 15) is 5.11 Å². The summed E-state index contributed by atoms with van der Waals surface area (Å²) >= 11 is 0. The molecular weight excluding hydrogens is 234 g/mol. The van der Waals surface area contributed by atoms with Crippen molar-refractivity contribution in [2.75, 3.05) is 6.61 Å². The van der Waals surface area contributed by atoms with E-state index in [0.29, 0.717) is 13.0 Å². The average Bonchev–Trinajstić information content (AvgIpc) is 2.68. The Bertz CT molecular complexity index is 368. The second-order valence-corrected chi connectivity index (χ2v) is 5.72. The van der Waals surface area contributed by atoms with Crippen LogP contribution in [0.25, 0.3) is 0 Å². The largest absolute Gasteiger partial charge is 0.366 e. The standard InChI is InChI=1S/C13H19NO4/c1-8(6-14)4-9-2-3-11-13(18-9)5-10(17-11)12(15)16-7-13/h8-12,15H,2-5,7H2,1H3/t8-,9?,10-,11?,12-,13?/m1/s1. The Morgan fingerprint density at radius 3 is 3.11 bits per heavy atom. The van der Waals surface area contributed by atoms with Gasteiger partial charge in [0.1, 0.15) is 11.7 Å². The molecule has 3 fully saturated rings. The number of hydrogen-bond acceptors (Lipinski definition) is 5. The molecule has 3 heterocycles. The zero-order chi connectivity index (χ0) is 12.8. The van der Waals surface area contributed by atoms with Crippen LogP contribution >= 0.6 is 0 Å². The first-order valence-corrected chi connectivity index (χ1v) is 6.65. The summed E-state index contributed by atoms with van der Waals surface area (Å²) in [5.41, 5.74) is -0.387. The highest BCUT2D eigenvalue weighted by atomic mass is 16.7. The van der Waals surface area contributed by atoms with Crippen LogP contribution in [0.2, 0.25) is 0 Å². The molecular formula is C13H19NO4. The molecule has 2 bridgehead atoms. The van der Waals surface area contributed by atoms with Gasteiger partial charge in [-0.2, -0.15) is 5.26 Å². The van der Waals surface area contributed by atoms with Gasteiger partial charge in [-0.15, -0.1) is 0 Å². The smallest absolute Gasteiger partial charge is 0.181 e. The molecule has 0 saturated carbocycles. The number of rotatable bonds is 2. The van der Waals surface area contributed by atoms with E-state index in [1.165, 1.54) is 0 Å². The minimum absolute atomic E-state index is 0.0103. The summed E-state index contributed by atoms with van der Waals surface area (Å²) in [6.45, 7) is 2.31. The lowest BCUT2D eigenvalue weighted by Crippen LogP contribution is -2.54. The first-order chi connectivity index (χ1) is 8.63. The van der Waals surface area contributed by atoms with Crippen LogP contribution in [0.4, 0.5) is 0 Å². The molecule has 3 aliphatic rings. The maximum atomic E-state index is 9.64. The molecule has 0 radical (unpaired) electrons. The fourth-order valence-corrected chi connectivity index (χ4v) is 3.34. The SMILES string of the molecule is C[C@@H](C#N)CC1CCC2O[C@@H]3CC2(CO[C@H]3O)O1. The van der Waals surface area contributed by atoms with Crippen molar-refractivity contribution in [2.45, 2.75) is 62.8 Å². The summed E-state index contributed by atoms with van der Waals surface area (Å²) in [5, 5.41) is 18.5. The van der Waals surface area contributed by atoms with Crippen molar-refractivity contribution in [1.29, 1.82) is 5.26 Å². The van der Waals surface area contributed by atoms with Crippen LogP contribution < -0.4 is 0 Å². The molecule has 0 aromatic rings. The molecule has 0 amide bonds. The minimum atomic E-state index is -0.818.